The van der Waals surface area contributed by atoms with Gasteiger partial charge in [0.05, 0.1) is 7.11 Å². The molecule has 0 heterocycles. The molecule has 0 spiro atoms. The average Bonchev–Trinajstić information content (AvgIpc) is 2.55. The lowest BCUT2D eigenvalue weighted by molar-refractivity contribution is -0.0505. The smallest absolute Gasteiger partial charge is 0.387 e. The van der Waals surface area contributed by atoms with E-state index in [0.717, 1.165) is 6.54 Å². The van der Waals surface area contributed by atoms with Crippen molar-refractivity contribution in [2.45, 2.75) is 31.8 Å². The minimum atomic E-state index is -2.89. The van der Waals surface area contributed by atoms with Gasteiger partial charge < -0.3 is 20.1 Å². The van der Waals surface area contributed by atoms with Crippen molar-refractivity contribution in [2.75, 3.05) is 27.0 Å². The minimum absolute atomic E-state index is 0.0572. The summed E-state index contributed by atoms with van der Waals surface area (Å²) in [5.74, 6) is 1.13. The van der Waals surface area contributed by atoms with E-state index in [9.17, 15) is 8.78 Å². The Morgan fingerprint density at radius 3 is 2.58 bits per heavy atom. The maximum absolute atomic E-state index is 12.6. The first-order valence-electron chi connectivity index (χ1n) is 7.42. The van der Waals surface area contributed by atoms with E-state index >= 15 is 0 Å². The van der Waals surface area contributed by atoms with E-state index in [0.29, 0.717) is 23.8 Å². The lowest BCUT2D eigenvalue weighted by Gasteiger charge is -2.24. The van der Waals surface area contributed by atoms with Crippen LogP contribution in [0.3, 0.4) is 0 Å². The van der Waals surface area contributed by atoms with E-state index < -0.39 is 6.61 Å². The molecule has 0 aromatic heterocycles. The van der Waals surface area contributed by atoms with Crippen molar-refractivity contribution in [2.24, 2.45) is 4.99 Å². The molecule has 1 aromatic rings. The number of benzene rings is 1. The Labute approximate surface area is 146 Å². The van der Waals surface area contributed by atoms with Crippen molar-refractivity contribution in [3.63, 3.8) is 0 Å². The zero-order chi connectivity index (χ0) is 18.2. The van der Waals surface area contributed by atoms with Gasteiger partial charge in [-0.2, -0.15) is 20.5 Å². The topological polar surface area (TPSA) is 54.9 Å². The Morgan fingerprint density at radius 1 is 1.33 bits per heavy atom. The highest BCUT2D eigenvalue weighted by atomic mass is 32.2. The number of hydrogen-bond donors (Lipinski definition) is 2. The molecule has 0 unspecified atom stereocenters. The highest BCUT2D eigenvalue weighted by Crippen LogP contribution is 2.26. The summed E-state index contributed by atoms with van der Waals surface area (Å²) in [6.45, 7) is 2.37. The monoisotopic (exact) mass is 361 g/mol. The molecule has 1 rings (SSSR count). The van der Waals surface area contributed by atoms with E-state index in [2.05, 4.69) is 34.2 Å². The van der Waals surface area contributed by atoms with Gasteiger partial charge in [-0.1, -0.05) is 0 Å². The summed E-state index contributed by atoms with van der Waals surface area (Å²) in [7, 11) is 3.13. The van der Waals surface area contributed by atoms with Gasteiger partial charge in [0, 0.05) is 36.5 Å². The Kier molecular flexibility index (Phi) is 8.10. The quantitative estimate of drug-likeness (QED) is 0.550. The van der Waals surface area contributed by atoms with Crippen molar-refractivity contribution in [1.82, 2.24) is 10.6 Å². The van der Waals surface area contributed by atoms with Crippen LogP contribution in [0.25, 0.3) is 0 Å². The van der Waals surface area contributed by atoms with Crippen molar-refractivity contribution in [1.29, 1.82) is 0 Å². The number of aliphatic imine (C=N–C) groups is 1. The molecule has 0 aliphatic rings. The molecule has 0 aliphatic carbocycles. The van der Waals surface area contributed by atoms with Crippen LogP contribution in [0.15, 0.2) is 23.2 Å². The van der Waals surface area contributed by atoms with Crippen LogP contribution in [0.5, 0.6) is 11.5 Å². The second-order valence-corrected chi connectivity index (χ2v) is 7.11. The molecular formula is C16H25F2N3O2S. The molecule has 8 heteroatoms. The summed E-state index contributed by atoms with van der Waals surface area (Å²) < 4.78 is 34.8. The SMILES string of the molecule is CN=C(NCc1ccc(OC)cc1OC(F)F)NCC(C)(C)SC. The zero-order valence-corrected chi connectivity index (χ0v) is 15.5. The van der Waals surface area contributed by atoms with E-state index in [1.165, 1.54) is 13.2 Å². The van der Waals surface area contributed by atoms with E-state index in [4.69, 9.17) is 4.74 Å². The number of methoxy groups -OCH3 is 1. The molecule has 24 heavy (non-hydrogen) atoms. The summed E-state index contributed by atoms with van der Waals surface area (Å²) in [6.07, 6.45) is 2.04. The molecule has 0 bridgehead atoms. The lowest BCUT2D eigenvalue weighted by atomic mass is 10.2. The maximum atomic E-state index is 12.6. The largest absolute Gasteiger partial charge is 0.497 e. The fraction of sp³-hybridized carbons (Fsp3) is 0.562. The fourth-order valence-corrected chi connectivity index (χ4v) is 2.00. The molecule has 2 N–H and O–H groups in total. The molecule has 0 atom stereocenters. The summed E-state index contributed by atoms with van der Waals surface area (Å²) >= 11 is 1.74. The Morgan fingerprint density at radius 2 is 2.04 bits per heavy atom. The minimum Gasteiger partial charge on any atom is -0.497 e. The fourth-order valence-electron chi connectivity index (χ4n) is 1.78. The second-order valence-electron chi connectivity index (χ2n) is 5.60. The van der Waals surface area contributed by atoms with Crippen molar-refractivity contribution < 1.29 is 18.3 Å². The van der Waals surface area contributed by atoms with Gasteiger partial charge in [-0.15, -0.1) is 0 Å². The van der Waals surface area contributed by atoms with Gasteiger partial charge >= 0.3 is 6.61 Å². The number of guanidine groups is 1. The van der Waals surface area contributed by atoms with Crippen LogP contribution in [-0.2, 0) is 6.54 Å². The third-order valence-corrected chi connectivity index (χ3v) is 4.64. The van der Waals surface area contributed by atoms with Gasteiger partial charge in [0.15, 0.2) is 5.96 Å². The van der Waals surface area contributed by atoms with Crippen LogP contribution in [0.1, 0.15) is 19.4 Å². The molecule has 0 saturated carbocycles. The molecule has 0 radical (unpaired) electrons. The molecule has 0 amide bonds. The maximum Gasteiger partial charge on any atom is 0.387 e. The number of hydrogen-bond acceptors (Lipinski definition) is 4. The van der Waals surface area contributed by atoms with Crippen LogP contribution >= 0.6 is 11.8 Å². The zero-order valence-electron chi connectivity index (χ0n) is 14.7. The Balaban J connectivity index is 2.74. The van der Waals surface area contributed by atoms with Gasteiger partial charge in [0.25, 0.3) is 0 Å². The molecule has 0 fully saturated rings. The van der Waals surface area contributed by atoms with E-state index in [-0.39, 0.29) is 10.5 Å². The Hall–Kier alpha value is -1.70. The summed E-state index contributed by atoms with van der Waals surface area (Å²) in [4.78, 5) is 4.14. The molecule has 5 nitrogen and oxygen atoms in total. The van der Waals surface area contributed by atoms with Gasteiger partial charge in [-0.05, 0) is 32.2 Å². The van der Waals surface area contributed by atoms with Crippen LogP contribution in [0, 0.1) is 0 Å². The first-order valence-corrected chi connectivity index (χ1v) is 8.65. The van der Waals surface area contributed by atoms with Crippen molar-refractivity contribution in [3.05, 3.63) is 23.8 Å². The van der Waals surface area contributed by atoms with Crippen LogP contribution in [0.4, 0.5) is 8.78 Å². The predicted octanol–water partition coefficient (Wildman–Crippen LogP) is 3.10. The first kappa shape index (κ1) is 20.3. The lowest BCUT2D eigenvalue weighted by Crippen LogP contribution is -2.43. The first-order chi connectivity index (χ1) is 11.3. The highest BCUT2D eigenvalue weighted by Gasteiger charge is 2.16. The number of rotatable bonds is 8. The summed E-state index contributed by atoms with van der Waals surface area (Å²) in [5.41, 5.74) is 0.586. The number of nitrogens with zero attached hydrogens (tertiary/aromatic N) is 1. The number of nitrogens with one attached hydrogen (secondary N) is 2. The van der Waals surface area contributed by atoms with Crippen LogP contribution < -0.4 is 20.1 Å². The third kappa shape index (κ3) is 6.82. The molecule has 0 saturated heterocycles. The normalized spacial score (nSPS) is 12.2. The molecule has 0 aliphatic heterocycles. The molecular weight excluding hydrogens is 336 g/mol. The number of alkyl halides is 2. The third-order valence-electron chi connectivity index (χ3n) is 3.39. The van der Waals surface area contributed by atoms with Gasteiger partial charge in [0.1, 0.15) is 11.5 Å². The number of halogens is 2. The van der Waals surface area contributed by atoms with Crippen LogP contribution in [0.2, 0.25) is 0 Å². The summed E-state index contributed by atoms with van der Waals surface area (Å²) in [6, 6.07) is 4.82. The van der Waals surface area contributed by atoms with Gasteiger partial charge in [-0.25, -0.2) is 0 Å². The average molecular weight is 361 g/mol. The second kappa shape index (κ2) is 9.56. The highest BCUT2D eigenvalue weighted by molar-refractivity contribution is 7.99. The number of ether oxygens (including phenoxy) is 2. The van der Waals surface area contributed by atoms with Crippen molar-refractivity contribution >= 4 is 17.7 Å². The van der Waals surface area contributed by atoms with Gasteiger partial charge in [-0.3, -0.25) is 4.99 Å². The molecule has 1 aromatic carbocycles. The number of thioether (sulfide) groups is 1. The van der Waals surface area contributed by atoms with Crippen molar-refractivity contribution in [3.8, 4) is 11.5 Å². The van der Waals surface area contributed by atoms with Crippen LogP contribution in [-0.4, -0.2) is 44.3 Å². The van der Waals surface area contributed by atoms with Gasteiger partial charge in [0.2, 0.25) is 0 Å². The predicted molar refractivity (Wildman–Crippen MR) is 95.4 cm³/mol. The standard InChI is InChI=1S/C16H25F2N3O2S/c1-16(2,24-5)10-21-15(19-3)20-9-11-6-7-12(22-4)8-13(11)23-14(17)18/h6-8,14H,9-10H2,1-5H3,(H2,19,20,21). The summed E-state index contributed by atoms with van der Waals surface area (Å²) in [5, 5.41) is 6.32. The van der Waals surface area contributed by atoms with E-state index in [1.807, 2.05) is 6.26 Å². The Bertz CT molecular complexity index is 554. The molecule has 136 valence electrons. The van der Waals surface area contributed by atoms with E-state index in [1.54, 1.807) is 30.9 Å².